The quantitative estimate of drug-likeness (QED) is 0.800. The van der Waals surface area contributed by atoms with E-state index in [0.717, 1.165) is 11.3 Å². The van der Waals surface area contributed by atoms with Crippen LogP contribution >= 0.6 is 0 Å². The molecule has 4 rings (SSSR count). The SMILES string of the molecule is O=C(Nc1cccc(-n2cnnc2)c1)C1OCOc2ccccc21. The molecule has 0 spiro atoms. The molecule has 0 saturated carbocycles. The molecule has 7 heteroatoms. The van der Waals surface area contributed by atoms with Crippen molar-refractivity contribution in [1.29, 1.82) is 0 Å². The van der Waals surface area contributed by atoms with Crippen LogP contribution in [-0.2, 0) is 9.53 Å². The van der Waals surface area contributed by atoms with Crippen molar-refractivity contribution in [2.45, 2.75) is 6.10 Å². The molecule has 0 aliphatic carbocycles. The number of nitrogens with zero attached hydrogens (tertiary/aromatic N) is 3. The molecule has 1 aliphatic heterocycles. The topological polar surface area (TPSA) is 78.3 Å². The van der Waals surface area contributed by atoms with Gasteiger partial charge in [-0.1, -0.05) is 24.3 Å². The van der Waals surface area contributed by atoms with Gasteiger partial charge in [-0.2, -0.15) is 0 Å². The molecular weight excluding hydrogens is 308 g/mol. The fourth-order valence-electron chi connectivity index (χ4n) is 2.59. The number of carbonyl (C=O) groups is 1. The van der Waals surface area contributed by atoms with Gasteiger partial charge in [0.1, 0.15) is 18.4 Å². The Balaban J connectivity index is 1.56. The normalized spacial score (nSPS) is 16.1. The number of benzene rings is 2. The van der Waals surface area contributed by atoms with Crippen LogP contribution in [0.25, 0.3) is 5.69 Å². The highest BCUT2D eigenvalue weighted by Crippen LogP contribution is 2.32. The molecule has 24 heavy (non-hydrogen) atoms. The third-order valence-electron chi connectivity index (χ3n) is 3.72. The zero-order valence-corrected chi connectivity index (χ0v) is 12.6. The molecule has 0 fully saturated rings. The molecule has 0 radical (unpaired) electrons. The molecular formula is C17H14N4O3. The molecule has 120 valence electrons. The Morgan fingerprint density at radius 1 is 1.12 bits per heavy atom. The van der Waals surface area contributed by atoms with Crippen molar-refractivity contribution in [2.24, 2.45) is 0 Å². The molecule has 1 N–H and O–H groups in total. The number of amides is 1. The molecule has 0 saturated heterocycles. The van der Waals surface area contributed by atoms with E-state index in [-0.39, 0.29) is 12.7 Å². The first-order chi connectivity index (χ1) is 11.8. The first-order valence-electron chi connectivity index (χ1n) is 7.40. The van der Waals surface area contributed by atoms with Crippen molar-refractivity contribution in [2.75, 3.05) is 12.1 Å². The van der Waals surface area contributed by atoms with Crippen LogP contribution in [-0.4, -0.2) is 27.5 Å². The van der Waals surface area contributed by atoms with E-state index in [4.69, 9.17) is 9.47 Å². The summed E-state index contributed by atoms with van der Waals surface area (Å²) < 4.78 is 12.6. The van der Waals surface area contributed by atoms with Gasteiger partial charge in [-0.05, 0) is 24.3 Å². The van der Waals surface area contributed by atoms with Crippen LogP contribution in [0.1, 0.15) is 11.7 Å². The summed E-state index contributed by atoms with van der Waals surface area (Å²) in [5.41, 5.74) is 2.24. The number of aromatic nitrogens is 3. The number of hydrogen-bond donors (Lipinski definition) is 1. The molecule has 1 aromatic heterocycles. The highest BCUT2D eigenvalue weighted by atomic mass is 16.7. The van der Waals surface area contributed by atoms with Crippen LogP contribution in [0.3, 0.4) is 0 Å². The monoisotopic (exact) mass is 322 g/mol. The first-order valence-corrected chi connectivity index (χ1v) is 7.40. The average molecular weight is 322 g/mol. The van der Waals surface area contributed by atoms with E-state index < -0.39 is 6.10 Å². The Morgan fingerprint density at radius 2 is 1.96 bits per heavy atom. The van der Waals surface area contributed by atoms with E-state index in [0.29, 0.717) is 11.4 Å². The number of para-hydroxylation sites is 1. The van der Waals surface area contributed by atoms with Gasteiger partial charge in [0.2, 0.25) is 0 Å². The number of nitrogens with one attached hydrogen (secondary N) is 1. The minimum absolute atomic E-state index is 0.0514. The summed E-state index contributed by atoms with van der Waals surface area (Å²) in [5, 5.41) is 10.4. The van der Waals surface area contributed by atoms with E-state index in [9.17, 15) is 4.79 Å². The van der Waals surface area contributed by atoms with E-state index in [1.54, 1.807) is 17.2 Å². The first kappa shape index (κ1) is 14.4. The molecule has 7 nitrogen and oxygen atoms in total. The summed E-state index contributed by atoms with van der Waals surface area (Å²) in [7, 11) is 0. The van der Waals surface area contributed by atoms with Crippen LogP contribution in [0.5, 0.6) is 5.75 Å². The Bertz CT molecular complexity index is 864. The van der Waals surface area contributed by atoms with Gasteiger partial charge >= 0.3 is 0 Å². The van der Waals surface area contributed by atoms with Crippen molar-refractivity contribution in [3.8, 4) is 11.4 Å². The molecule has 3 aromatic rings. The minimum atomic E-state index is -0.700. The molecule has 1 atom stereocenters. The Hall–Kier alpha value is -3.19. The Kier molecular flexibility index (Phi) is 3.68. The van der Waals surface area contributed by atoms with E-state index >= 15 is 0 Å². The van der Waals surface area contributed by atoms with Crippen LogP contribution < -0.4 is 10.1 Å². The number of ether oxygens (including phenoxy) is 2. The summed E-state index contributed by atoms with van der Waals surface area (Å²) in [5.74, 6) is 0.425. The van der Waals surface area contributed by atoms with E-state index in [1.807, 2.05) is 48.5 Å². The van der Waals surface area contributed by atoms with Crippen LogP contribution in [0.2, 0.25) is 0 Å². The summed E-state index contributed by atoms with van der Waals surface area (Å²) >= 11 is 0. The second-order valence-electron chi connectivity index (χ2n) is 5.26. The van der Waals surface area contributed by atoms with Crippen molar-refractivity contribution < 1.29 is 14.3 Å². The van der Waals surface area contributed by atoms with Gasteiger partial charge in [-0.25, -0.2) is 0 Å². The minimum Gasteiger partial charge on any atom is -0.467 e. The molecule has 1 aliphatic rings. The number of rotatable bonds is 3. The second kappa shape index (κ2) is 6.13. The fraction of sp³-hybridized carbons (Fsp3) is 0.118. The third kappa shape index (κ3) is 2.72. The Morgan fingerprint density at radius 3 is 2.83 bits per heavy atom. The lowest BCUT2D eigenvalue weighted by Crippen LogP contribution is -2.28. The summed E-state index contributed by atoms with van der Waals surface area (Å²) in [6, 6.07) is 14.8. The zero-order valence-electron chi connectivity index (χ0n) is 12.6. The van der Waals surface area contributed by atoms with E-state index in [1.165, 1.54) is 0 Å². The maximum absolute atomic E-state index is 12.6. The largest absolute Gasteiger partial charge is 0.467 e. The summed E-state index contributed by atoms with van der Waals surface area (Å²) in [6.45, 7) is 0.0514. The van der Waals surface area contributed by atoms with Crippen LogP contribution in [0.15, 0.2) is 61.2 Å². The van der Waals surface area contributed by atoms with E-state index in [2.05, 4.69) is 15.5 Å². The smallest absolute Gasteiger partial charge is 0.258 e. The molecule has 2 heterocycles. The molecule has 1 amide bonds. The fourth-order valence-corrected chi connectivity index (χ4v) is 2.59. The van der Waals surface area contributed by atoms with Crippen molar-refractivity contribution in [1.82, 2.24) is 14.8 Å². The number of carbonyl (C=O) groups excluding carboxylic acids is 1. The maximum atomic E-state index is 12.6. The predicted molar refractivity (Wildman–Crippen MR) is 85.8 cm³/mol. The summed E-state index contributed by atoms with van der Waals surface area (Å²) in [4.78, 5) is 12.6. The number of hydrogen-bond acceptors (Lipinski definition) is 5. The lowest BCUT2D eigenvalue weighted by atomic mass is 10.1. The molecule has 0 bridgehead atoms. The Labute approximate surface area is 137 Å². The highest BCUT2D eigenvalue weighted by molar-refractivity contribution is 5.95. The lowest BCUT2D eigenvalue weighted by Gasteiger charge is -2.25. The van der Waals surface area contributed by atoms with Gasteiger partial charge in [0.05, 0.1) is 5.69 Å². The van der Waals surface area contributed by atoms with Crippen LogP contribution in [0, 0.1) is 0 Å². The predicted octanol–water partition coefficient (Wildman–Crippen LogP) is 2.31. The average Bonchev–Trinajstić information content (AvgIpc) is 3.16. The third-order valence-corrected chi connectivity index (χ3v) is 3.72. The van der Waals surface area contributed by atoms with Gasteiger partial charge in [0, 0.05) is 11.3 Å². The van der Waals surface area contributed by atoms with Gasteiger partial charge in [0.25, 0.3) is 5.91 Å². The maximum Gasteiger partial charge on any atom is 0.258 e. The second-order valence-corrected chi connectivity index (χ2v) is 5.26. The number of fused-ring (bicyclic) bond motifs is 1. The standard InChI is InChI=1S/C17H14N4O3/c22-17(16-14-6-1-2-7-15(14)23-11-24-16)20-12-4-3-5-13(8-12)21-9-18-19-10-21/h1-10,16H,11H2,(H,20,22). The van der Waals surface area contributed by atoms with Gasteiger partial charge < -0.3 is 14.8 Å². The lowest BCUT2D eigenvalue weighted by molar-refractivity contribution is -0.136. The molecule has 2 aromatic carbocycles. The molecule has 1 unspecified atom stereocenters. The summed E-state index contributed by atoms with van der Waals surface area (Å²) in [6.07, 6.45) is 2.49. The highest BCUT2D eigenvalue weighted by Gasteiger charge is 2.28. The van der Waals surface area contributed by atoms with Crippen molar-refractivity contribution in [3.05, 3.63) is 66.7 Å². The van der Waals surface area contributed by atoms with Crippen LogP contribution in [0.4, 0.5) is 5.69 Å². The van der Waals surface area contributed by atoms with Gasteiger partial charge in [-0.3, -0.25) is 9.36 Å². The van der Waals surface area contributed by atoms with Gasteiger partial charge in [0.15, 0.2) is 12.9 Å². The number of anilines is 1. The zero-order chi connectivity index (χ0) is 16.4. The van der Waals surface area contributed by atoms with Gasteiger partial charge in [-0.15, -0.1) is 10.2 Å². The van der Waals surface area contributed by atoms with Crippen molar-refractivity contribution in [3.63, 3.8) is 0 Å². The van der Waals surface area contributed by atoms with Crippen molar-refractivity contribution >= 4 is 11.6 Å².